The molecule has 0 bridgehead atoms. The van der Waals surface area contributed by atoms with E-state index in [4.69, 9.17) is 23.8 Å². The Morgan fingerprint density at radius 2 is 0.750 bits per heavy atom. The SMILES string of the molecule is c1ccc(-c2nc(-c3cccc(-c4cccnc4)c3)nc(-c3cc(-c4ccc5oc6ccc7ccccc7c6c5c4)cc(-c4ccc5oc6ccc7ccccc7c6c5c4)c3)n2)cc1. The molecule has 6 heteroatoms. The van der Waals surface area contributed by atoms with Gasteiger partial charge in [-0.3, -0.25) is 4.98 Å². The second-order valence-electron chi connectivity index (χ2n) is 16.2. The Morgan fingerprint density at radius 1 is 0.281 bits per heavy atom. The summed E-state index contributed by atoms with van der Waals surface area (Å²) in [5, 5.41) is 9.03. The fourth-order valence-corrected chi connectivity index (χ4v) is 9.27. The molecule has 0 saturated heterocycles. The van der Waals surface area contributed by atoms with E-state index in [-0.39, 0.29) is 0 Å². The molecule has 13 aromatic rings. The molecule has 0 N–H and O–H groups in total. The maximum atomic E-state index is 6.44. The van der Waals surface area contributed by atoms with E-state index < -0.39 is 0 Å². The number of fused-ring (bicyclic) bond motifs is 10. The minimum absolute atomic E-state index is 0.570. The molecular formula is C58H34N4O2. The van der Waals surface area contributed by atoms with Crippen molar-refractivity contribution in [1.82, 2.24) is 19.9 Å². The molecule has 13 rings (SSSR count). The molecule has 0 radical (unpaired) electrons. The average Bonchev–Trinajstić information content (AvgIpc) is 3.95. The summed E-state index contributed by atoms with van der Waals surface area (Å²) in [6, 6.07) is 67.4. The Balaban J connectivity index is 1.05. The van der Waals surface area contributed by atoms with Crippen LogP contribution in [0.4, 0.5) is 0 Å². The average molecular weight is 819 g/mol. The first-order chi connectivity index (χ1) is 31.7. The number of hydrogen-bond donors (Lipinski definition) is 0. The highest BCUT2D eigenvalue weighted by molar-refractivity contribution is 6.20. The van der Waals surface area contributed by atoms with Crippen LogP contribution in [0.3, 0.4) is 0 Å². The van der Waals surface area contributed by atoms with E-state index in [1.54, 1.807) is 6.20 Å². The Morgan fingerprint density at radius 3 is 1.36 bits per heavy atom. The number of pyridine rings is 1. The monoisotopic (exact) mass is 818 g/mol. The summed E-state index contributed by atoms with van der Waals surface area (Å²) in [6.07, 6.45) is 3.66. The summed E-state index contributed by atoms with van der Waals surface area (Å²) in [6.45, 7) is 0. The molecule has 64 heavy (non-hydrogen) atoms. The Labute approximate surface area is 366 Å². The largest absolute Gasteiger partial charge is 0.456 e. The number of nitrogens with zero attached hydrogens (tertiary/aromatic N) is 4. The van der Waals surface area contributed by atoms with Crippen molar-refractivity contribution >= 4 is 65.4 Å². The van der Waals surface area contributed by atoms with Crippen LogP contribution in [-0.4, -0.2) is 19.9 Å². The van der Waals surface area contributed by atoms with Gasteiger partial charge in [-0.15, -0.1) is 0 Å². The molecule has 0 aliphatic rings. The molecule has 0 aliphatic heterocycles. The summed E-state index contributed by atoms with van der Waals surface area (Å²) in [5.74, 6) is 1.74. The van der Waals surface area contributed by atoms with Gasteiger partial charge < -0.3 is 8.83 Å². The van der Waals surface area contributed by atoms with Crippen molar-refractivity contribution in [3.8, 4) is 67.5 Å². The fraction of sp³-hybridized carbons (Fsp3) is 0. The summed E-state index contributed by atoms with van der Waals surface area (Å²) in [7, 11) is 0. The van der Waals surface area contributed by atoms with Gasteiger partial charge in [-0.05, 0) is 116 Å². The van der Waals surface area contributed by atoms with E-state index in [1.807, 2.05) is 48.7 Å². The van der Waals surface area contributed by atoms with Crippen molar-refractivity contribution in [2.45, 2.75) is 0 Å². The number of rotatable bonds is 6. The van der Waals surface area contributed by atoms with Gasteiger partial charge >= 0.3 is 0 Å². The summed E-state index contributed by atoms with van der Waals surface area (Å²) < 4.78 is 12.9. The van der Waals surface area contributed by atoms with Crippen LogP contribution in [0.25, 0.3) is 133 Å². The lowest BCUT2D eigenvalue weighted by Crippen LogP contribution is -2.00. The Bertz CT molecular complexity index is 3790. The zero-order valence-electron chi connectivity index (χ0n) is 34.2. The fourth-order valence-electron chi connectivity index (χ4n) is 9.27. The third-order valence-electron chi connectivity index (χ3n) is 12.4. The van der Waals surface area contributed by atoms with E-state index in [0.717, 1.165) is 105 Å². The lowest BCUT2D eigenvalue weighted by molar-refractivity contribution is 0.669. The van der Waals surface area contributed by atoms with Crippen LogP contribution in [0, 0.1) is 0 Å². The molecule has 0 unspecified atom stereocenters. The normalized spacial score (nSPS) is 11.8. The van der Waals surface area contributed by atoms with Crippen LogP contribution in [0.2, 0.25) is 0 Å². The molecule has 9 aromatic carbocycles. The van der Waals surface area contributed by atoms with E-state index in [1.165, 1.54) is 10.8 Å². The van der Waals surface area contributed by atoms with Gasteiger partial charge in [0, 0.05) is 56.2 Å². The molecular weight excluding hydrogens is 785 g/mol. The first-order valence-electron chi connectivity index (χ1n) is 21.3. The van der Waals surface area contributed by atoms with Gasteiger partial charge in [0.15, 0.2) is 17.5 Å². The van der Waals surface area contributed by atoms with Crippen molar-refractivity contribution in [3.05, 3.63) is 207 Å². The van der Waals surface area contributed by atoms with Crippen molar-refractivity contribution in [3.63, 3.8) is 0 Å². The van der Waals surface area contributed by atoms with Gasteiger partial charge in [0.25, 0.3) is 0 Å². The highest BCUT2D eigenvalue weighted by atomic mass is 16.3. The lowest BCUT2D eigenvalue weighted by Gasteiger charge is -2.13. The standard InChI is InChI=1S/C58H34N4O2/c1-2-12-37(13-3-1)56-60-57(41-15-8-14-38(28-41)42-16-9-27-59-34-42)62-58(61-56)45-30-43(39-21-23-50-48(32-39)54-46-17-6-4-10-35(46)19-25-52(54)63-50)29-44(31-45)40-22-24-51-49(33-40)55-47-18-7-5-11-36(47)20-26-53(55)64-51/h1-34H. The molecule has 0 spiro atoms. The molecule has 6 nitrogen and oxygen atoms in total. The maximum Gasteiger partial charge on any atom is 0.164 e. The number of aromatic nitrogens is 4. The molecule has 298 valence electrons. The minimum Gasteiger partial charge on any atom is -0.456 e. The quantitative estimate of drug-likeness (QED) is 0.166. The molecule has 0 amide bonds. The first kappa shape index (κ1) is 36.0. The predicted octanol–water partition coefficient (Wildman–Crippen LogP) is 15.4. The molecule has 0 aliphatic carbocycles. The summed E-state index contributed by atoms with van der Waals surface area (Å²) >= 11 is 0. The van der Waals surface area contributed by atoms with Gasteiger partial charge in [0.1, 0.15) is 22.3 Å². The van der Waals surface area contributed by atoms with E-state index in [2.05, 4.69) is 157 Å². The smallest absolute Gasteiger partial charge is 0.164 e. The van der Waals surface area contributed by atoms with Gasteiger partial charge in [-0.1, -0.05) is 127 Å². The molecule has 4 aromatic heterocycles. The van der Waals surface area contributed by atoms with E-state index in [9.17, 15) is 0 Å². The van der Waals surface area contributed by atoms with Crippen LogP contribution < -0.4 is 0 Å². The molecule has 0 saturated carbocycles. The van der Waals surface area contributed by atoms with Crippen LogP contribution in [0.15, 0.2) is 215 Å². The summed E-state index contributed by atoms with van der Waals surface area (Å²) in [4.78, 5) is 20.0. The van der Waals surface area contributed by atoms with Crippen molar-refractivity contribution in [2.24, 2.45) is 0 Å². The first-order valence-corrected chi connectivity index (χ1v) is 21.3. The van der Waals surface area contributed by atoms with Crippen LogP contribution in [0.5, 0.6) is 0 Å². The van der Waals surface area contributed by atoms with Gasteiger partial charge in [-0.2, -0.15) is 0 Å². The zero-order chi connectivity index (χ0) is 42.1. The van der Waals surface area contributed by atoms with Crippen molar-refractivity contribution in [2.75, 3.05) is 0 Å². The van der Waals surface area contributed by atoms with Crippen LogP contribution in [0.1, 0.15) is 0 Å². The van der Waals surface area contributed by atoms with Crippen LogP contribution >= 0.6 is 0 Å². The predicted molar refractivity (Wildman–Crippen MR) is 260 cm³/mol. The number of benzene rings is 9. The van der Waals surface area contributed by atoms with E-state index in [0.29, 0.717) is 17.5 Å². The number of hydrogen-bond acceptors (Lipinski definition) is 6. The Hall–Kier alpha value is -8.74. The zero-order valence-corrected chi connectivity index (χ0v) is 34.2. The molecule has 0 atom stereocenters. The Kier molecular flexibility index (Phi) is 8.11. The molecule has 4 heterocycles. The third-order valence-corrected chi connectivity index (χ3v) is 12.4. The molecule has 0 fully saturated rings. The van der Waals surface area contributed by atoms with E-state index >= 15 is 0 Å². The van der Waals surface area contributed by atoms with Crippen molar-refractivity contribution < 1.29 is 8.83 Å². The van der Waals surface area contributed by atoms with Crippen molar-refractivity contribution in [1.29, 1.82) is 0 Å². The maximum absolute atomic E-state index is 6.44. The second-order valence-corrected chi connectivity index (χ2v) is 16.2. The van der Waals surface area contributed by atoms with Crippen LogP contribution in [-0.2, 0) is 0 Å². The minimum atomic E-state index is 0.570. The summed E-state index contributed by atoms with van der Waals surface area (Å²) in [5.41, 5.74) is 12.3. The lowest BCUT2D eigenvalue weighted by atomic mass is 9.93. The second kappa shape index (κ2) is 14.4. The highest BCUT2D eigenvalue weighted by Crippen LogP contribution is 2.41. The van der Waals surface area contributed by atoms with Gasteiger partial charge in [0.2, 0.25) is 0 Å². The highest BCUT2D eigenvalue weighted by Gasteiger charge is 2.19. The third kappa shape index (κ3) is 6.03. The van der Waals surface area contributed by atoms with Gasteiger partial charge in [0.05, 0.1) is 0 Å². The topological polar surface area (TPSA) is 77.8 Å². The number of furan rings is 2. The van der Waals surface area contributed by atoms with Gasteiger partial charge in [-0.25, -0.2) is 15.0 Å².